The summed E-state index contributed by atoms with van der Waals surface area (Å²) in [4.78, 5) is 19.6. The smallest absolute Gasteiger partial charge is 0.227 e. The zero-order valence-electron chi connectivity index (χ0n) is 16.4. The van der Waals surface area contributed by atoms with Crippen LogP contribution in [0.25, 0.3) is 0 Å². The second kappa shape index (κ2) is 8.27. The maximum absolute atomic E-state index is 12.8. The molecule has 0 aromatic heterocycles. The molecule has 2 aliphatic heterocycles. The van der Waals surface area contributed by atoms with Gasteiger partial charge in [-0.2, -0.15) is 0 Å². The molecule has 2 unspecified atom stereocenters. The normalized spacial score (nSPS) is 23.3. The van der Waals surface area contributed by atoms with Crippen molar-refractivity contribution in [3.05, 3.63) is 23.8 Å². The van der Waals surface area contributed by atoms with Crippen LogP contribution in [0.4, 0.5) is 0 Å². The average molecular weight is 361 g/mol. The molecule has 2 atom stereocenters. The molecule has 0 radical (unpaired) electrons. The number of hydrogen-bond donors (Lipinski definition) is 0. The number of rotatable bonds is 5. The zero-order chi connectivity index (χ0) is 18.7. The highest BCUT2D eigenvalue weighted by Crippen LogP contribution is 2.31. The fraction of sp³-hybridized carbons (Fsp3) is 0.650. The van der Waals surface area contributed by atoms with E-state index < -0.39 is 0 Å². The van der Waals surface area contributed by atoms with E-state index in [1.807, 2.05) is 23.1 Å². The Morgan fingerprint density at radius 2 is 1.77 bits per heavy atom. The number of hydrogen-bond acceptors (Lipinski definition) is 5. The quantitative estimate of drug-likeness (QED) is 0.795. The number of ether oxygens (including phenoxy) is 2. The number of amides is 1. The Labute approximate surface area is 156 Å². The summed E-state index contributed by atoms with van der Waals surface area (Å²) in [5.41, 5.74) is 0.981. The van der Waals surface area contributed by atoms with E-state index in [2.05, 4.69) is 37.7 Å². The fourth-order valence-corrected chi connectivity index (χ4v) is 3.80. The van der Waals surface area contributed by atoms with Crippen molar-refractivity contribution in [1.29, 1.82) is 0 Å². The molecule has 0 N–H and O–H groups in total. The molecule has 0 bridgehead atoms. The Morgan fingerprint density at radius 3 is 2.42 bits per heavy atom. The number of likely N-dealkylation sites (N-methyl/N-ethyl adjacent to an activating group) is 1. The van der Waals surface area contributed by atoms with Gasteiger partial charge < -0.3 is 19.3 Å². The molecular weight excluding hydrogens is 330 g/mol. The molecule has 2 heterocycles. The summed E-state index contributed by atoms with van der Waals surface area (Å²) in [7, 11) is 4.20. The van der Waals surface area contributed by atoms with Crippen LogP contribution in [0.1, 0.15) is 19.4 Å². The van der Waals surface area contributed by atoms with Crippen LogP contribution in [0.5, 0.6) is 11.5 Å². The lowest BCUT2D eigenvalue weighted by Crippen LogP contribution is -2.59. The van der Waals surface area contributed by atoms with Crippen LogP contribution in [-0.2, 0) is 11.2 Å². The molecule has 2 aliphatic rings. The summed E-state index contributed by atoms with van der Waals surface area (Å²) in [5, 5.41) is 0. The van der Waals surface area contributed by atoms with Crippen LogP contribution >= 0.6 is 0 Å². The van der Waals surface area contributed by atoms with Gasteiger partial charge in [-0.15, -0.1) is 0 Å². The minimum Gasteiger partial charge on any atom is -0.486 e. The summed E-state index contributed by atoms with van der Waals surface area (Å²) in [6.07, 6.45) is 0.410. The van der Waals surface area contributed by atoms with E-state index in [1.54, 1.807) is 0 Å². The summed E-state index contributed by atoms with van der Waals surface area (Å²) in [6.45, 7) is 9.25. The minimum atomic E-state index is 0.188. The molecule has 1 amide bonds. The van der Waals surface area contributed by atoms with Crippen molar-refractivity contribution in [2.45, 2.75) is 32.4 Å². The lowest BCUT2D eigenvalue weighted by Gasteiger charge is -2.45. The lowest BCUT2D eigenvalue weighted by molar-refractivity contribution is -0.134. The highest BCUT2D eigenvalue weighted by atomic mass is 16.6. The lowest BCUT2D eigenvalue weighted by atomic mass is 10.1. The van der Waals surface area contributed by atoms with Gasteiger partial charge in [0.1, 0.15) is 13.2 Å². The molecule has 26 heavy (non-hydrogen) atoms. The highest BCUT2D eigenvalue weighted by Gasteiger charge is 2.31. The van der Waals surface area contributed by atoms with Gasteiger partial charge in [0.15, 0.2) is 11.5 Å². The van der Waals surface area contributed by atoms with E-state index in [0.29, 0.717) is 31.7 Å². The Balaban J connectivity index is 1.59. The van der Waals surface area contributed by atoms with Crippen LogP contribution in [0.3, 0.4) is 0 Å². The maximum Gasteiger partial charge on any atom is 0.227 e. The predicted molar refractivity (Wildman–Crippen MR) is 102 cm³/mol. The molecule has 3 rings (SSSR count). The third kappa shape index (κ3) is 4.48. The van der Waals surface area contributed by atoms with Gasteiger partial charge in [0.2, 0.25) is 5.91 Å². The van der Waals surface area contributed by atoms with Crippen LogP contribution < -0.4 is 9.47 Å². The molecule has 1 fully saturated rings. The van der Waals surface area contributed by atoms with Gasteiger partial charge in [0.25, 0.3) is 0 Å². The van der Waals surface area contributed by atoms with Gasteiger partial charge in [-0.25, -0.2) is 0 Å². The van der Waals surface area contributed by atoms with E-state index in [9.17, 15) is 4.79 Å². The van der Waals surface area contributed by atoms with Crippen LogP contribution in [-0.4, -0.2) is 86.2 Å². The molecule has 0 saturated carbocycles. The average Bonchev–Trinajstić information content (AvgIpc) is 2.60. The van der Waals surface area contributed by atoms with E-state index in [0.717, 1.165) is 43.2 Å². The number of benzene rings is 1. The Morgan fingerprint density at radius 1 is 1.12 bits per heavy atom. The summed E-state index contributed by atoms with van der Waals surface area (Å²) in [5.74, 6) is 1.70. The fourth-order valence-electron chi connectivity index (χ4n) is 3.80. The highest BCUT2D eigenvalue weighted by molar-refractivity contribution is 5.79. The van der Waals surface area contributed by atoms with Gasteiger partial charge >= 0.3 is 0 Å². The Hall–Kier alpha value is -1.79. The molecule has 1 aromatic rings. The largest absolute Gasteiger partial charge is 0.486 e. The number of fused-ring (bicyclic) bond motifs is 1. The molecule has 1 saturated heterocycles. The second-order valence-corrected chi connectivity index (χ2v) is 7.69. The van der Waals surface area contributed by atoms with Crippen molar-refractivity contribution in [3.8, 4) is 11.5 Å². The number of carbonyl (C=O) groups excluding carboxylic acids is 1. The van der Waals surface area contributed by atoms with Gasteiger partial charge in [0, 0.05) is 38.3 Å². The zero-order valence-corrected chi connectivity index (χ0v) is 16.4. The predicted octanol–water partition coefficient (Wildman–Crippen LogP) is 1.48. The molecule has 0 aliphatic carbocycles. The van der Waals surface area contributed by atoms with Crippen LogP contribution in [0, 0.1) is 0 Å². The first kappa shape index (κ1) is 19.0. The van der Waals surface area contributed by atoms with Gasteiger partial charge in [-0.3, -0.25) is 9.69 Å². The first-order chi connectivity index (χ1) is 12.4. The number of piperazine rings is 1. The summed E-state index contributed by atoms with van der Waals surface area (Å²) < 4.78 is 11.2. The Kier molecular flexibility index (Phi) is 6.04. The first-order valence-electron chi connectivity index (χ1n) is 9.51. The van der Waals surface area contributed by atoms with Crippen molar-refractivity contribution in [2.24, 2.45) is 0 Å². The molecule has 144 valence electrons. The van der Waals surface area contributed by atoms with E-state index >= 15 is 0 Å². The van der Waals surface area contributed by atoms with Crippen molar-refractivity contribution >= 4 is 5.91 Å². The van der Waals surface area contributed by atoms with Crippen molar-refractivity contribution in [2.75, 3.05) is 53.5 Å². The van der Waals surface area contributed by atoms with E-state index in [1.165, 1.54) is 0 Å². The number of carbonyl (C=O) groups is 1. The molecule has 1 aromatic carbocycles. The number of nitrogens with zero attached hydrogens (tertiary/aromatic N) is 3. The monoisotopic (exact) mass is 361 g/mol. The van der Waals surface area contributed by atoms with E-state index in [4.69, 9.17) is 9.47 Å². The third-order valence-corrected chi connectivity index (χ3v) is 5.22. The standard InChI is InChI=1S/C20H31N3O3/c1-15-13-22(14-16(2)23(15)8-7-21(3)4)20(24)12-17-5-6-18-19(11-17)26-10-9-25-18/h5-6,11,15-16H,7-10,12-14H2,1-4H3. The van der Waals surface area contributed by atoms with E-state index in [-0.39, 0.29) is 5.91 Å². The molecule has 6 nitrogen and oxygen atoms in total. The van der Waals surface area contributed by atoms with Gasteiger partial charge in [0.05, 0.1) is 6.42 Å². The SMILES string of the molecule is CC1CN(C(=O)Cc2ccc3c(c2)OCCO3)CC(C)N1CCN(C)C. The topological polar surface area (TPSA) is 45.3 Å². The van der Waals surface area contributed by atoms with Crippen LogP contribution in [0.2, 0.25) is 0 Å². The third-order valence-electron chi connectivity index (χ3n) is 5.22. The summed E-state index contributed by atoms with van der Waals surface area (Å²) >= 11 is 0. The minimum absolute atomic E-state index is 0.188. The van der Waals surface area contributed by atoms with Crippen molar-refractivity contribution in [3.63, 3.8) is 0 Å². The second-order valence-electron chi connectivity index (χ2n) is 7.69. The van der Waals surface area contributed by atoms with Gasteiger partial charge in [-0.1, -0.05) is 6.07 Å². The van der Waals surface area contributed by atoms with Gasteiger partial charge in [-0.05, 0) is 45.6 Å². The summed E-state index contributed by atoms with van der Waals surface area (Å²) in [6, 6.07) is 6.56. The molecular formula is C20H31N3O3. The molecule has 6 heteroatoms. The first-order valence-corrected chi connectivity index (χ1v) is 9.51. The van der Waals surface area contributed by atoms with Crippen LogP contribution in [0.15, 0.2) is 18.2 Å². The van der Waals surface area contributed by atoms with Crippen molar-refractivity contribution in [1.82, 2.24) is 14.7 Å². The molecule has 0 spiro atoms. The Bertz CT molecular complexity index is 623. The van der Waals surface area contributed by atoms with Crippen molar-refractivity contribution < 1.29 is 14.3 Å². The maximum atomic E-state index is 12.8.